The van der Waals surface area contributed by atoms with Crippen molar-refractivity contribution in [1.82, 2.24) is 0 Å². The van der Waals surface area contributed by atoms with Gasteiger partial charge in [0.15, 0.2) is 0 Å². The average Bonchev–Trinajstić information content (AvgIpc) is 2.34. The summed E-state index contributed by atoms with van der Waals surface area (Å²) in [6.45, 7) is 8.74. The highest BCUT2D eigenvalue weighted by Crippen LogP contribution is 2.57. The Bertz CT molecular complexity index is 210. The van der Waals surface area contributed by atoms with Crippen molar-refractivity contribution in [3.8, 4) is 0 Å². The van der Waals surface area contributed by atoms with Gasteiger partial charge in [-0.2, -0.15) is 0 Å². The van der Waals surface area contributed by atoms with E-state index < -0.39 is 0 Å². The lowest BCUT2D eigenvalue weighted by molar-refractivity contribution is 0.277. The topological polar surface area (TPSA) is 26.0 Å². The van der Waals surface area contributed by atoms with E-state index in [4.69, 9.17) is 5.73 Å². The van der Waals surface area contributed by atoms with Crippen LogP contribution in [0.4, 0.5) is 0 Å². The van der Waals surface area contributed by atoms with E-state index in [0.717, 1.165) is 0 Å². The van der Waals surface area contributed by atoms with Crippen molar-refractivity contribution in [2.45, 2.75) is 32.7 Å². The highest BCUT2D eigenvalue weighted by Gasteiger charge is 2.53. The van der Waals surface area contributed by atoms with Crippen LogP contribution < -0.4 is 5.73 Å². The first kappa shape index (κ1) is 10.1. The highest BCUT2D eigenvalue weighted by molar-refractivity contribution is 5.85. The fraction of sp³-hybridized carbons (Fsp3) is 0.800. The van der Waals surface area contributed by atoms with Crippen LogP contribution in [0.25, 0.3) is 0 Å². The molecule has 2 heteroatoms. The molecule has 0 aromatic rings. The molecule has 0 saturated heterocycles. The molecule has 0 aromatic carbocycles. The molecule has 1 nitrogen and oxygen atoms in total. The van der Waals surface area contributed by atoms with Crippen molar-refractivity contribution in [2.24, 2.45) is 23.0 Å². The molecular formula is C10H18ClN. The van der Waals surface area contributed by atoms with Gasteiger partial charge in [-0.15, -0.1) is 12.4 Å². The van der Waals surface area contributed by atoms with E-state index in [-0.39, 0.29) is 12.4 Å². The summed E-state index contributed by atoms with van der Waals surface area (Å²) in [4.78, 5) is 0. The van der Waals surface area contributed by atoms with Gasteiger partial charge in [0, 0.05) is 6.04 Å². The van der Waals surface area contributed by atoms with Crippen molar-refractivity contribution < 1.29 is 0 Å². The monoisotopic (exact) mass is 187 g/mol. The number of nitrogens with two attached hydrogens (primary N) is 1. The molecule has 2 rings (SSSR count). The lowest BCUT2D eigenvalue weighted by Gasteiger charge is -2.31. The lowest BCUT2D eigenvalue weighted by Crippen LogP contribution is -2.29. The van der Waals surface area contributed by atoms with Gasteiger partial charge in [0.25, 0.3) is 0 Å². The van der Waals surface area contributed by atoms with Crippen LogP contribution >= 0.6 is 12.4 Å². The molecule has 2 aliphatic carbocycles. The largest absolute Gasteiger partial charge is 0.327 e. The lowest BCUT2D eigenvalue weighted by atomic mass is 9.73. The number of rotatable bonds is 0. The molecule has 2 saturated carbocycles. The van der Waals surface area contributed by atoms with E-state index >= 15 is 0 Å². The molecule has 12 heavy (non-hydrogen) atoms. The van der Waals surface area contributed by atoms with E-state index in [0.29, 0.717) is 23.3 Å². The van der Waals surface area contributed by atoms with Gasteiger partial charge in [-0.25, -0.2) is 0 Å². The molecule has 2 N–H and O–H groups in total. The van der Waals surface area contributed by atoms with Gasteiger partial charge in [0.05, 0.1) is 0 Å². The van der Waals surface area contributed by atoms with E-state index in [1.54, 1.807) is 0 Å². The summed E-state index contributed by atoms with van der Waals surface area (Å²) < 4.78 is 0. The summed E-state index contributed by atoms with van der Waals surface area (Å²) in [6, 6.07) is 0.414. The minimum absolute atomic E-state index is 0. The Labute approximate surface area is 80.8 Å². The van der Waals surface area contributed by atoms with Crippen molar-refractivity contribution in [3.63, 3.8) is 0 Å². The second-order valence-electron chi connectivity index (χ2n) is 4.61. The molecule has 70 valence electrons. The molecule has 3 unspecified atom stereocenters. The maximum atomic E-state index is 6.09. The predicted octanol–water partition coefficient (Wildman–Crippen LogP) is 2.36. The highest BCUT2D eigenvalue weighted by atomic mass is 35.5. The van der Waals surface area contributed by atoms with Gasteiger partial charge in [-0.1, -0.05) is 26.0 Å². The Kier molecular flexibility index (Phi) is 2.30. The Morgan fingerprint density at radius 2 is 2.00 bits per heavy atom. The molecule has 2 fully saturated rings. The normalized spacial score (nSPS) is 42.9. The van der Waals surface area contributed by atoms with Crippen molar-refractivity contribution in [3.05, 3.63) is 12.2 Å². The number of halogens is 1. The van der Waals surface area contributed by atoms with Gasteiger partial charge in [0.1, 0.15) is 0 Å². The van der Waals surface area contributed by atoms with Crippen molar-refractivity contribution >= 4 is 12.4 Å². The van der Waals surface area contributed by atoms with Gasteiger partial charge in [-0.05, 0) is 30.1 Å². The number of fused-ring (bicyclic) bond motifs is 2. The minimum Gasteiger partial charge on any atom is -0.327 e. The second-order valence-corrected chi connectivity index (χ2v) is 4.61. The van der Waals surface area contributed by atoms with Gasteiger partial charge in [0.2, 0.25) is 0 Å². The zero-order valence-corrected chi connectivity index (χ0v) is 8.66. The Morgan fingerprint density at radius 1 is 1.42 bits per heavy atom. The zero-order valence-electron chi connectivity index (χ0n) is 7.84. The van der Waals surface area contributed by atoms with Crippen LogP contribution in [0.15, 0.2) is 12.2 Å². The maximum Gasteiger partial charge on any atom is 0.0141 e. The van der Waals surface area contributed by atoms with Crippen LogP contribution in [-0.4, -0.2) is 6.04 Å². The van der Waals surface area contributed by atoms with E-state index in [9.17, 15) is 0 Å². The molecule has 0 heterocycles. The average molecular weight is 188 g/mol. The Morgan fingerprint density at radius 3 is 2.25 bits per heavy atom. The van der Waals surface area contributed by atoms with Gasteiger partial charge >= 0.3 is 0 Å². The van der Waals surface area contributed by atoms with E-state index in [2.05, 4.69) is 20.4 Å². The van der Waals surface area contributed by atoms with Crippen LogP contribution in [0.1, 0.15) is 26.7 Å². The quantitative estimate of drug-likeness (QED) is 0.579. The third-order valence-corrected chi connectivity index (χ3v) is 3.92. The molecular weight excluding hydrogens is 170 g/mol. The Hall–Kier alpha value is -0.0100. The minimum atomic E-state index is 0. The molecule has 0 aromatic heterocycles. The van der Waals surface area contributed by atoms with Crippen LogP contribution in [0, 0.1) is 17.3 Å². The zero-order chi connectivity index (χ0) is 8.22. The molecule has 0 amide bonds. The van der Waals surface area contributed by atoms with Crippen LogP contribution in [-0.2, 0) is 0 Å². The van der Waals surface area contributed by atoms with Gasteiger partial charge in [-0.3, -0.25) is 0 Å². The fourth-order valence-corrected chi connectivity index (χ4v) is 2.99. The summed E-state index contributed by atoms with van der Waals surface area (Å²) >= 11 is 0. The first-order valence-corrected chi connectivity index (χ1v) is 4.50. The molecule has 2 aliphatic rings. The van der Waals surface area contributed by atoms with Crippen LogP contribution in [0.3, 0.4) is 0 Å². The number of hydrogen-bond acceptors (Lipinski definition) is 1. The summed E-state index contributed by atoms with van der Waals surface area (Å²) in [5.74, 6) is 1.34. The molecule has 0 spiro atoms. The summed E-state index contributed by atoms with van der Waals surface area (Å²) in [6.07, 6.45) is 2.60. The van der Waals surface area contributed by atoms with E-state index in [1.165, 1.54) is 18.4 Å². The standard InChI is InChI=1S/C10H17N.ClH/c1-6-7-4-5-8(9(7)11)10(6,2)3;/h7-9H,1,4-5,11H2,2-3H3;1H. The van der Waals surface area contributed by atoms with Crippen molar-refractivity contribution in [2.75, 3.05) is 0 Å². The fourth-order valence-electron chi connectivity index (χ4n) is 2.99. The van der Waals surface area contributed by atoms with Gasteiger partial charge < -0.3 is 5.73 Å². The third kappa shape index (κ3) is 0.961. The maximum absolute atomic E-state index is 6.09. The van der Waals surface area contributed by atoms with Crippen LogP contribution in [0.2, 0.25) is 0 Å². The summed E-state index contributed by atoms with van der Waals surface area (Å²) in [7, 11) is 0. The first-order chi connectivity index (χ1) is 5.05. The first-order valence-electron chi connectivity index (χ1n) is 4.50. The van der Waals surface area contributed by atoms with Crippen LogP contribution in [0.5, 0.6) is 0 Å². The second kappa shape index (κ2) is 2.74. The molecule has 2 bridgehead atoms. The molecule has 0 radical (unpaired) electrons. The third-order valence-electron chi connectivity index (χ3n) is 3.92. The predicted molar refractivity (Wildman–Crippen MR) is 54.4 cm³/mol. The van der Waals surface area contributed by atoms with Crippen molar-refractivity contribution in [1.29, 1.82) is 0 Å². The number of hydrogen-bond donors (Lipinski definition) is 1. The smallest absolute Gasteiger partial charge is 0.0141 e. The van der Waals surface area contributed by atoms with E-state index in [1.807, 2.05) is 0 Å². The molecule has 0 aliphatic heterocycles. The SMILES string of the molecule is C=C1C2CCC(C2N)C1(C)C.Cl. The Balaban J connectivity index is 0.000000720. The summed E-state index contributed by atoms with van der Waals surface area (Å²) in [5, 5.41) is 0. The summed E-state index contributed by atoms with van der Waals surface area (Å²) in [5.41, 5.74) is 7.82. The molecule has 3 atom stereocenters.